The van der Waals surface area contributed by atoms with Gasteiger partial charge in [-0.2, -0.15) is 0 Å². The minimum absolute atomic E-state index is 0.854. The second-order valence-electron chi connectivity index (χ2n) is 3.87. The molecule has 0 heterocycles. The van der Waals surface area contributed by atoms with Gasteiger partial charge in [-0.1, -0.05) is 30.0 Å². The molecule has 2 nitrogen and oxygen atoms in total. The Morgan fingerprint density at radius 3 is 1.89 bits per heavy atom. The highest BCUT2D eigenvalue weighted by Gasteiger charge is 2.09. The molecule has 0 spiro atoms. The molecule has 2 rings (SSSR count). The molecule has 0 aliphatic carbocycles. The van der Waals surface area contributed by atoms with Gasteiger partial charge in [-0.15, -0.1) is 0 Å². The Morgan fingerprint density at radius 1 is 0.833 bits per heavy atom. The fourth-order valence-electron chi connectivity index (χ4n) is 1.75. The van der Waals surface area contributed by atoms with Crippen molar-refractivity contribution in [3.8, 4) is 11.5 Å². The van der Waals surface area contributed by atoms with Crippen molar-refractivity contribution in [2.75, 3.05) is 14.2 Å². The number of rotatable bonds is 4. The summed E-state index contributed by atoms with van der Waals surface area (Å²) in [6, 6.07) is 14.3. The highest BCUT2D eigenvalue weighted by Crippen LogP contribution is 2.36. The first kappa shape index (κ1) is 12.8. The Labute approximate surface area is 112 Å². The molecule has 2 aromatic rings. The smallest absolute Gasteiger partial charge is 0.126 e. The van der Waals surface area contributed by atoms with Crippen molar-refractivity contribution in [3.05, 3.63) is 48.0 Å². The molecule has 0 aliphatic rings. The van der Waals surface area contributed by atoms with Crippen LogP contribution < -0.4 is 9.47 Å². The summed E-state index contributed by atoms with van der Waals surface area (Å²) >= 11 is 1.70. The van der Waals surface area contributed by atoms with Crippen LogP contribution in [0.3, 0.4) is 0 Å². The molecule has 0 aliphatic heterocycles. The fraction of sp³-hybridized carbons (Fsp3) is 0.200. The van der Waals surface area contributed by atoms with E-state index in [9.17, 15) is 0 Å². The summed E-state index contributed by atoms with van der Waals surface area (Å²) < 4.78 is 10.7. The minimum Gasteiger partial charge on any atom is -0.496 e. The third kappa shape index (κ3) is 2.79. The lowest BCUT2D eigenvalue weighted by Crippen LogP contribution is -1.93. The van der Waals surface area contributed by atoms with Crippen LogP contribution in [0.2, 0.25) is 0 Å². The Hall–Kier alpha value is -1.61. The topological polar surface area (TPSA) is 18.5 Å². The van der Waals surface area contributed by atoms with Crippen LogP contribution in [0, 0.1) is 6.92 Å². The maximum absolute atomic E-state index is 5.37. The number of hydrogen-bond acceptors (Lipinski definition) is 3. The summed E-state index contributed by atoms with van der Waals surface area (Å²) in [4.78, 5) is 2.31. The predicted octanol–water partition coefficient (Wildman–Crippen LogP) is 4.16. The molecule has 94 valence electrons. The van der Waals surface area contributed by atoms with E-state index in [1.807, 2.05) is 37.3 Å². The Bertz CT molecular complexity index is 498. The normalized spacial score (nSPS) is 10.2. The highest BCUT2D eigenvalue weighted by atomic mass is 32.2. The first-order valence-electron chi connectivity index (χ1n) is 5.70. The quantitative estimate of drug-likeness (QED) is 0.822. The van der Waals surface area contributed by atoms with Gasteiger partial charge in [0, 0.05) is 15.4 Å². The van der Waals surface area contributed by atoms with Crippen LogP contribution >= 0.6 is 11.8 Å². The van der Waals surface area contributed by atoms with Gasteiger partial charge in [0.25, 0.3) is 0 Å². The molecule has 3 heteroatoms. The number of benzene rings is 2. The molecular weight excluding hydrogens is 244 g/mol. The van der Waals surface area contributed by atoms with E-state index in [0.717, 1.165) is 22.0 Å². The summed E-state index contributed by atoms with van der Waals surface area (Å²) in [6.45, 7) is 1.99. The average molecular weight is 260 g/mol. The number of hydrogen-bond donors (Lipinski definition) is 0. The van der Waals surface area contributed by atoms with Crippen LogP contribution in [0.1, 0.15) is 5.56 Å². The van der Waals surface area contributed by atoms with Crippen LogP contribution in [-0.2, 0) is 0 Å². The SMILES string of the molecule is COc1cc(Sc2ccccc2)cc(OC)c1C. The van der Waals surface area contributed by atoms with Crippen LogP contribution in [0.15, 0.2) is 52.3 Å². The van der Waals surface area contributed by atoms with E-state index < -0.39 is 0 Å². The maximum atomic E-state index is 5.37. The molecule has 0 N–H and O–H groups in total. The standard InChI is InChI=1S/C15H16O2S/c1-11-14(16-2)9-13(10-15(11)17-3)18-12-7-5-4-6-8-12/h4-10H,1-3H3. The van der Waals surface area contributed by atoms with Gasteiger partial charge in [0.2, 0.25) is 0 Å². The molecule has 0 amide bonds. The Kier molecular flexibility index (Phi) is 4.15. The molecule has 0 saturated heterocycles. The molecule has 0 bridgehead atoms. The van der Waals surface area contributed by atoms with Gasteiger partial charge < -0.3 is 9.47 Å². The molecular formula is C15H16O2S. The summed E-state index contributed by atoms with van der Waals surface area (Å²) in [5.41, 5.74) is 1.03. The van der Waals surface area contributed by atoms with Crippen LogP contribution in [-0.4, -0.2) is 14.2 Å². The molecule has 18 heavy (non-hydrogen) atoms. The number of ether oxygens (including phenoxy) is 2. The van der Waals surface area contributed by atoms with Crippen molar-refractivity contribution < 1.29 is 9.47 Å². The van der Waals surface area contributed by atoms with Gasteiger partial charge in [0.15, 0.2) is 0 Å². The minimum atomic E-state index is 0.854. The summed E-state index contributed by atoms with van der Waals surface area (Å²) in [5.74, 6) is 1.71. The van der Waals surface area contributed by atoms with E-state index in [2.05, 4.69) is 12.1 Å². The van der Waals surface area contributed by atoms with E-state index in [1.165, 1.54) is 4.90 Å². The first-order valence-corrected chi connectivity index (χ1v) is 6.51. The van der Waals surface area contributed by atoms with Crippen molar-refractivity contribution in [2.45, 2.75) is 16.7 Å². The van der Waals surface area contributed by atoms with E-state index >= 15 is 0 Å². The van der Waals surface area contributed by atoms with Gasteiger partial charge in [0.1, 0.15) is 11.5 Å². The number of methoxy groups -OCH3 is 2. The second kappa shape index (κ2) is 5.83. The lowest BCUT2D eigenvalue weighted by molar-refractivity contribution is 0.387. The van der Waals surface area contributed by atoms with Gasteiger partial charge >= 0.3 is 0 Å². The molecule has 0 atom stereocenters. The molecule has 0 unspecified atom stereocenters. The third-order valence-electron chi connectivity index (χ3n) is 2.70. The van der Waals surface area contributed by atoms with Crippen molar-refractivity contribution in [2.24, 2.45) is 0 Å². The van der Waals surface area contributed by atoms with Gasteiger partial charge in [-0.05, 0) is 31.2 Å². The largest absolute Gasteiger partial charge is 0.496 e. The average Bonchev–Trinajstić information content (AvgIpc) is 2.41. The van der Waals surface area contributed by atoms with Gasteiger partial charge in [-0.3, -0.25) is 0 Å². The van der Waals surface area contributed by atoms with E-state index in [4.69, 9.17) is 9.47 Å². The third-order valence-corrected chi connectivity index (χ3v) is 3.68. The Morgan fingerprint density at radius 2 is 1.39 bits per heavy atom. The van der Waals surface area contributed by atoms with Gasteiger partial charge in [0.05, 0.1) is 14.2 Å². The fourth-order valence-corrected chi connectivity index (χ4v) is 2.64. The van der Waals surface area contributed by atoms with Crippen molar-refractivity contribution in [1.29, 1.82) is 0 Å². The summed E-state index contributed by atoms with van der Waals surface area (Å²) in [7, 11) is 3.36. The zero-order valence-electron chi connectivity index (χ0n) is 10.8. The second-order valence-corrected chi connectivity index (χ2v) is 5.01. The monoisotopic (exact) mass is 260 g/mol. The Balaban J connectivity index is 2.34. The summed E-state index contributed by atoms with van der Waals surface area (Å²) in [6.07, 6.45) is 0. The lowest BCUT2D eigenvalue weighted by atomic mass is 10.2. The van der Waals surface area contributed by atoms with Crippen LogP contribution in [0.5, 0.6) is 11.5 Å². The van der Waals surface area contributed by atoms with Gasteiger partial charge in [-0.25, -0.2) is 0 Å². The molecule has 0 fully saturated rings. The zero-order chi connectivity index (χ0) is 13.0. The predicted molar refractivity (Wildman–Crippen MR) is 74.8 cm³/mol. The maximum Gasteiger partial charge on any atom is 0.126 e. The van der Waals surface area contributed by atoms with Crippen LogP contribution in [0.25, 0.3) is 0 Å². The first-order chi connectivity index (χ1) is 8.74. The molecule has 2 aromatic carbocycles. The zero-order valence-corrected chi connectivity index (χ0v) is 11.6. The van der Waals surface area contributed by atoms with E-state index in [1.54, 1.807) is 26.0 Å². The van der Waals surface area contributed by atoms with Crippen molar-refractivity contribution >= 4 is 11.8 Å². The highest BCUT2D eigenvalue weighted by molar-refractivity contribution is 7.99. The van der Waals surface area contributed by atoms with Crippen molar-refractivity contribution in [3.63, 3.8) is 0 Å². The molecule has 0 aromatic heterocycles. The lowest BCUT2D eigenvalue weighted by Gasteiger charge is -2.12. The van der Waals surface area contributed by atoms with Crippen LogP contribution in [0.4, 0.5) is 0 Å². The molecule has 0 radical (unpaired) electrons. The molecule has 0 saturated carbocycles. The van der Waals surface area contributed by atoms with E-state index in [-0.39, 0.29) is 0 Å². The van der Waals surface area contributed by atoms with Crippen molar-refractivity contribution in [1.82, 2.24) is 0 Å². The summed E-state index contributed by atoms with van der Waals surface area (Å²) in [5, 5.41) is 0. The van der Waals surface area contributed by atoms with E-state index in [0.29, 0.717) is 0 Å².